The first-order valence-corrected chi connectivity index (χ1v) is 7.40. The number of hydrogen-bond acceptors (Lipinski definition) is 3. The van der Waals surface area contributed by atoms with Crippen molar-refractivity contribution in [3.05, 3.63) is 0 Å². The summed E-state index contributed by atoms with van der Waals surface area (Å²) in [6, 6.07) is 0. The average molecular weight is 253 g/mol. The SMILES string of the molecule is CC1CCN(CCCCNC(=O)C2(N)CC2)CC1. The Kier molecular flexibility index (Phi) is 4.62. The quantitative estimate of drug-likeness (QED) is 0.697. The molecular formula is C14H27N3O. The molecule has 1 heterocycles. The molecule has 0 radical (unpaired) electrons. The van der Waals surface area contributed by atoms with Crippen LogP contribution in [0.25, 0.3) is 0 Å². The molecule has 4 heteroatoms. The van der Waals surface area contributed by atoms with E-state index in [1.54, 1.807) is 0 Å². The zero-order valence-corrected chi connectivity index (χ0v) is 11.6. The van der Waals surface area contributed by atoms with E-state index in [9.17, 15) is 4.79 Å². The van der Waals surface area contributed by atoms with E-state index in [1.165, 1.54) is 38.9 Å². The molecule has 18 heavy (non-hydrogen) atoms. The maximum Gasteiger partial charge on any atom is 0.240 e. The lowest BCUT2D eigenvalue weighted by Crippen LogP contribution is -2.43. The minimum Gasteiger partial charge on any atom is -0.355 e. The Hall–Kier alpha value is -0.610. The third kappa shape index (κ3) is 3.95. The molecule has 0 aromatic carbocycles. The fourth-order valence-electron chi connectivity index (χ4n) is 2.49. The van der Waals surface area contributed by atoms with Gasteiger partial charge < -0.3 is 16.0 Å². The van der Waals surface area contributed by atoms with Crippen molar-refractivity contribution in [2.75, 3.05) is 26.2 Å². The van der Waals surface area contributed by atoms with Gasteiger partial charge in [-0.25, -0.2) is 0 Å². The Balaban J connectivity index is 1.47. The van der Waals surface area contributed by atoms with Crippen LogP contribution in [0.15, 0.2) is 0 Å². The molecular weight excluding hydrogens is 226 g/mol. The second-order valence-electron chi connectivity index (χ2n) is 6.14. The number of amides is 1. The number of likely N-dealkylation sites (tertiary alicyclic amines) is 1. The molecule has 0 atom stereocenters. The number of rotatable bonds is 6. The lowest BCUT2D eigenvalue weighted by atomic mass is 9.99. The maximum absolute atomic E-state index is 11.6. The number of hydrogen-bond donors (Lipinski definition) is 2. The van der Waals surface area contributed by atoms with Gasteiger partial charge in [0.2, 0.25) is 5.91 Å². The molecule has 1 amide bonds. The number of piperidine rings is 1. The predicted octanol–water partition coefficient (Wildman–Crippen LogP) is 1.11. The Morgan fingerprint density at radius 3 is 2.61 bits per heavy atom. The van der Waals surface area contributed by atoms with Gasteiger partial charge in [-0.1, -0.05) is 6.92 Å². The van der Waals surface area contributed by atoms with E-state index in [0.717, 1.165) is 31.7 Å². The van der Waals surface area contributed by atoms with Gasteiger partial charge in [0, 0.05) is 6.54 Å². The van der Waals surface area contributed by atoms with E-state index in [-0.39, 0.29) is 5.91 Å². The van der Waals surface area contributed by atoms with Crippen molar-refractivity contribution in [2.24, 2.45) is 11.7 Å². The lowest BCUT2D eigenvalue weighted by Gasteiger charge is -2.30. The Morgan fingerprint density at radius 2 is 2.00 bits per heavy atom. The van der Waals surface area contributed by atoms with Crippen LogP contribution >= 0.6 is 0 Å². The number of nitrogens with one attached hydrogen (secondary N) is 1. The van der Waals surface area contributed by atoms with Crippen LogP contribution in [0, 0.1) is 5.92 Å². The smallest absolute Gasteiger partial charge is 0.240 e. The molecule has 2 rings (SSSR count). The molecule has 0 aromatic rings. The molecule has 3 N–H and O–H groups in total. The summed E-state index contributed by atoms with van der Waals surface area (Å²) < 4.78 is 0. The Labute approximate surface area is 110 Å². The van der Waals surface area contributed by atoms with Crippen molar-refractivity contribution in [1.82, 2.24) is 10.2 Å². The van der Waals surface area contributed by atoms with Gasteiger partial charge in [-0.15, -0.1) is 0 Å². The van der Waals surface area contributed by atoms with Crippen LogP contribution in [-0.2, 0) is 4.79 Å². The zero-order chi connectivity index (χ0) is 13.0. The first-order valence-electron chi connectivity index (χ1n) is 7.40. The van der Waals surface area contributed by atoms with Crippen molar-refractivity contribution in [1.29, 1.82) is 0 Å². The number of carbonyl (C=O) groups is 1. The van der Waals surface area contributed by atoms with Crippen molar-refractivity contribution < 1.29 is 4.79 Å². The minimum atomic E-state index is -0.511. The van der Waals surface area contributed by atoms with Gasteiger partial charge in [0.25, 0.3) is 0 Å². The summed E-state index contributed by atoms with van der Waals surface area (Å²) >= 11 is 0. The average Bonchev–Trinajstić information content (AvgIpc) is 3.10. The van der Waals surface area contributed by atoms with Crippen LogP contribution in [0.4, 0.5) is 0 Å². The van der Waals surface area contributed by atoms with Crippen LogP contribution in [-0.4, -0.2) is 42.5 Å². The van der Waals surface area contributed by atoms with Crippen molar-refractivity contribution in [3.63, 3.8) is 0 Å². The fourth-order valence-corrected chi connectivity index (χ4v) is 2.49. The van der Waals surface area contributed by atoms with Gasteiger partial charge in [-0.2, -0.15) is 0 Å². The summed E-state index contributed by atoms with van der Waals surface area (Å²) in [7, 11) is 0. The first kappa shape index (κ1) is 13.8. The molecule has 1 aliphatic heterocycles. The van der Waals surface area contributed by atoms with Crippen LogP contribution in [0.5, 0.6) is 0 Å². The standard InChI is InChI=1S/C14H27N3O/c1-12-4-10-17(11-5-12)9-3-2-8-16-13(18)14(15)6-7-14/h12H,2-11,15H2,1H3,(H,16,18). The van der Waals surface area contributed by atoms with Crippen LogP contribution in [0.3, 0.4) is 0 Å². The summed E-state index contributed by atoms with van der Waals surface area (Å²) in [4.78, 5) is 14.1. The molecule has 2 aliphatic rings. The van der Waals surface area contributed by atoms with E-state index < -0.39 is 5.54 Å². The predicted molar refractivity (Wildman–Crippen MR) is 73.2 cm³/mol. The normalized spacial score (nSPS) is 23.9. The van der Waals surface area contributed by atoms with E-state index in [2.05, 4.69) is 17.1 Å². The van der Waals surface area contributed by atoms with Crippen molar-refractivity contribution >= 4 is 5.91 Å². The minimum absolute atomic E-state index is 0.0503. The molecule has 104 valence electrons. The highest BCUT2D eigenvalue weighted by molar-refractivity contribution is 5.88. The van der Waals surface area contributed by atoms with Gasteiger partial charge in [0.15, 0.2) is 0 Å². The summed E-state index contributed by atoms with van der Waals surface area (Å²) in [5, 5.41) is 2.95. The van der Waals surface area contributed by atoms with Gasteiger partial charge in [-0.3, -0.25) is 4.79 Å². The van der Waals surface area contributed by atoms with E-state index in [4.69, 9.17) is 5.73 Å². The largest absolute Gasteiger partial charge is 0.355 e. The highest BCUT2D eigenvalue weighted by Crippen LogP contribution is 2.31. The highest BCUT2D eigenvalue weighted by atomic mass is 16.2. The molecule has 0 aromatic heterocycles. The number of carbonyl (C=O) groups excluding carboxylic acids is 1. The van der Waals surface area contributed by atoms with Gasteiger partial charge in [0.1, 0.15) is 0 Å². The molecule has 0 unspecified atom stereocenters. The van der Waals surface area contributed by atoms with E-state index >= 15 is 0 Å². The van der Waals surface area contributed by atoms with Crippen molar-refractivity contribution in [3.8, 4) is 0 Å². The summed E-state index contributed by atoms with van der Waals surface area (Å²) in [5.74, 6) is 0.953. The van der Waals surface area contributed by atoms with E-state index in [0.29, 0.717) is 0 Å². The Bertz CT molecular complexity index is 281. The van der Waals surface area contributed by atoms with Crippen LogP contribution in [0.1, 0.15) is 45.4 Å². The molecule has 4 nitrogen and oxygen atoms in total. The second kappa shape index (κ2) is 6.02. The zero-order valence-electron chi connectivity index (χ0n) is 11.6. The summed E-state index contributed by atoms with van der Waals surface area (Å²) in [6.45, 7) is 6.80. The van der Waals surface area contributed by atoms with Gasteiger partial charge in [0.05, 0.1) is 5.54 Å². The number of unbranched alkanes of at least 4 members (excludes halogenated alkanes) is 1. The lowest BCUT2D eigenvalue weighted by molar-refractivity contribution is -0.123. The molecule has 1 aliphatic carbocycles. The van der Waals surface area contributed by atoms with E-state index in [1.807, 2.05) is 0 Å². The third-order valence-corrected chi connectivity index (χ3v) is 4.30. The third-order valence-electron chi connectivity index (χ3n) is 4.30. The van der Waals surface area contributed by atoms with Gasteiger partial charge in [-0.05, 0) is 64.1 Å². The van der Waals surface area contributed by atoms with Crippen LogP contribution in [0.2, 0.25) is 0 Å². The summed E-state index contributed by atoms with van der Waals surface area (Å²) in [5.41, 5.74) is 5.30. The van der Waals surface area contributed by atoms with Gasteiger partial charge >= 0.3 is 0 Å². The molecule has 2 fully saturated rings. The second-order valence-corrected chi connectivity index (χ2v) is 6.14. The molecule has 1 saturated heterocycles. The number of nitrogens with zero attached hydrogens (tertiary/aromatic N) is 1. The maximum atomic E-state index is 11.6. The molecule has 0 spiro atoms. The molecule has 1 saturated carbocycles. The monoisotopic (exact) mass is 253 g/mol. The van der Waals surface area contributed by atoms with Crippen LogP contribution < -0.4 is 11.1 Å². The number of nitrogens with two attached hydrogens (primary N) is 1. The highest BCUT2D eigenvalue weighted by Gasteiger charge is 2.45. The fraction of sp³-hybridized carbons (Fsp3) is 0.929. The topological polar surface area (TPSA) is 58.4 Å². The first-order chi connectivity index (χ1) is 8.60. The molecule has 0 bridgehead atoms. The summed E-state index contributed by atoms with van der Waals surface area (Å²) in [6.07, 6.45) is 6.62. The Morgan fingerprint density at radius 1 is 1.33 bits per heavy atom. The van der Waals surface area contributed by atoms with Crippen molar-refractivity contribution in [2.45, 2.75) is 51.0 Å².